The van der Waals surface area contributed by atoms with Crippen LogP contribution in [0.15, 0.2) is 49.1 Å². The van der Waals surface area contributed by atoms with Crippen LogP contribution in [-0.2, 0) is 13.1 Å². The molecule has 22 heavy (non-hydrogen) atoms. The Labute approximate surface area is 132 Å². The number of aryl methyl sites for hydroxylation is 2. The Morgan fingerprint density at radius 2 is 0.864 bits per heavy atom. The van der Waals surface area contributed by atoms with E-state index in [0.29, 0.717) is 10.7 Å². The van der Waals surface area contributed by atoms with Crippen molar-refractivity contribution >= 4 is 0 Å². The van der Waals surface area contributed by atoms with Crippen LogP contribution >= 0.6 is 0 Å². The molecule has 2 rings (SSSR count). The molecule has 4 nitrogen and oxygen atoms in total. The first-order chi connectivity index (χ1) is 10.7. The number of hydrogen-bond donors (Lipinski definition) is 2. The first-order valence-corrected chi connectivity index (χ1v) is 8.15. The van der Waals surface area contributed by atoms with Gasteiger partial charge in [0.1, 0.15) is 0 Å². The Kier molecular flexibility index (Phi) is 6.68. The van der Waals surface area contributed by atoms with Crippen LogP contribution in [0.25, 0.3) is 0 Å². The maximum Gasteiger partial charge on any atom is 0.0568 e. The average Bonchev–Trinajstić information content (AvgIpc) is 2.53. The minimum atomic E-state index is 0.575. The number of nitrogens with one attached hydrogen (secondary N) is 2. The summed E-state index contributed by atoms with van der Waals surface area (Å²) in [5, 5.41) is 16.0. The maximum absolute atomic E-state index is 7.45. The number of aromatic nitrogens is 2. The molecule has 0 aliphatic carbocycles. The second kappa shape index (κ2) is 9.03. The molecule has 0 radical (unpaired) electrons. The molecule has 2 heterocycles. The molecule has 0 saturated heterocycles. The summed E-state index contributed by atoms with van der Waals surface area (Å²) in [5.41, 5.74) is 0. The molecule has 0 aromatic carbocycles. The third kappa shape index (κ3) is 6.12. The van der Waals surface area contributed by atoms with E-state index < -0.39 is 0 Å². The van der Waals surface area contributed by atoms with Gasteiger partial charge in [0.15, 0.2) is 0 Å². The van der Waals surface area contributed by atoms with Crippen molar-refractivity contribution in [1.82, 2.24) is 9.13 Å². The van der Waals surface area contributed by atoms with Crippen molar-refractivity contribution in [3.63, 3.8) is 0 Å². The van der Waals surface area contributed by atoms with E-state index in [1.54, 1.807) is 0 Å². The zero-order chi connectivity index (χ0) is 15.6. The molecule has 0 fully saturated rings. The largest absolute Gasteiger partial charge is 0.354 e. The predicted octanol–water partition coefficient (Wildman–Crippen LogP) is 3.29. The highest BCUT2D eigenvalue weighted by molar-refractivity contribution is 4.91. The Hall–Kier alpha value is -2.10. The van der Waals surface area contributed by atoms with Gasteiger partial charge in [-0.3, -0.25) is 0 Å². The van der Waals surface area contributed by atoms with Gasteiger partial charge in [-0.2, -0.15) is 0 Å². The molecule has 0 aliphatic heterocycles. The topological polar surface area (TPSA) is 57.6 Å². The number of hydrogen-bond acceptors (Lipinski definition) is 2. The zero-order valence-corrected chi connectivity index (χ0v) is 13.2. The highest BCUT2D eigenvalue weighted by Crippen LogP contribution is 2.07. The van der Waals surface area contributed by atoms with Crippen molar-refractivity contribution in [2.45, 2.75) is 51.6 Å². The van der Waals surface area contributed by atoms with Gasteiger partial charge in [0, 0.05) is 37.9 Å². The fourth-order valence-corrected chi connectivity index (χ4v) is 2.51. The predicted molar refractivity (Wildman–Crippen MR) is 88.3 cm³/mol. The van der Waals surface area contributed by atoms with E-state index >= 15 is 0 Å². The quantitative estimate of drug-likeness (QED) is 0.668. The van der Waals surface area contributed by atoms with Crippen LogP contribution in [0.3, 0.4) is 0 Å². The summed E-state index contributed by atoms with van der Waals surface area (Å²) in [7, 11) is 0. The lowest BCUT2D eigenvalue weighted by atomic mass is 10.1. The molecule has 4 heteroatoms. The van der Waals surface area contributed by atoms with E-state index in [4.69, 9.17) is 10.8 Å². The number of rotatable bonds is 9. The van der Waals surface area contributed by atoms with Crippen molar-refractivity contribution in [3.8, 4) is 0 Å². The molecule has 0 amide bonds. The highest BCUT2D eigenvalue weighted by atomic mass is 14.9. The summed E-state index contributed by atoms with van der Waals surface area (Å²) in [6, 6.07) is 7.35. The van der Waals surface area contributed by atoms with Gasteiger partial charge in [-0.25, -0.2) is 0 Å². The van der Waals surface area contributed by atoms with Crippen LogP contribution < -0.4 is 10.7 Å². The lowest BCUT2D eigenvalue weighted by Crippen LogP contribution is -2.04. The van der Waals surface area contributed by atoms with Gasteiger partial charge in [-0.15, -0.1) is 0 Å². The second-order valence-corrected chi connectivity index (χ2v) is 5.77. The van der Waals surface area contributed by atoms with Gasteiger partial charge in [-0.05, 0) is 37.1 Å². The summed E-state index contributed by atoms with van der Waals surface area (Å²) in [5.74, 6) is 0. The normalized spacial score (nSPS) is 10.7. The Balaban J connectivity index is 1.49. The van der Waals surface area contributed by atoms with Crippen LogP contribution in [0.5, 0.6) is 0 Å². The number of unbranched alkanes of at least 4 members (excludes halogenated alkanes) is 5. The highest BCUT2D eigenvalue weighted by Gasteiger charge is 1.94. The van der Waals surface area contributed by atoms with Crippen molar-refractivity contribution in [2.75, 3.05) is 0 Å². The summed E-state index contributed by atoms with van der Waals surface area (Å²) in [4.78, 5) is 0. The van der Waals surface area contributed by atoms with Crippen LogP contribution in [0.2, 0.25) is 0 Å². The van der Waals surface area contributed by atoms with E-state index in [2.05, 4.69) is 9.13 Å². The Morgan fingerprint density at radius 3 is 1.23 bits per heavy atom. The number of pyridine rings is 2. The van der Waals surface area contributed by atoms with Crippen LogP contribution in [0.1, 0.15) is 38.5 Å². The second-order valence-electron chi connectivity index (χ2n) is 5.77. The van der Waals surface area contributed by atoms with Gasteiger partial charge in [0.05, 0.1) is 10.7 Å². The van der Waals surface area contributed by atoms with E-state index in [0.717, 1.165) is 13.1 Å². The van der Waals surface area contributed by atoms with Gasteiger partial charge in [-0.1, -0.05) is 25.7 Å². The summed E-state index contributed by atoms with van der Waals surface area (Å²) >= 11 is 0. The molecule has 0 aliphatic rings. The van der Waals surface area contributed by atoms with E-state index in [9.17, 15) is 0 Å². The third-order valence-electron chi connectivity index (χ3n) is 3.86. The van der Waals surface area contributed by atoms with Crippen LogP contribution in [-0.4, -0.2) is 9.13 Å². The first-order valence-electron chi connectivity index (χ1n) is 8.15. The minimum absolute atomic E-state index is 0.575. The summed E-state index contributed by atoms with van der Waals surface area (Å²) in [6.07, 6.45) is 15.5. The Morgan fingerprint density at radius 1 is 0.545 bits per heavy atom. The fraction of sp³-hybridized carbons (Fsp3) is 0.444. The molecule has 0 unspecified atom stereocenters. The molecule has 2 aromatic rings. The van der Waals surface area contributed by atoms with Gasteiger partial charge >= 0.3 is 0 Å². The van der Waals surface area contributed by atoms with Gasteiger partial charge in [0.2, 0.25) is 0 Å². The maximum atomic E-state index is 7.45. The third-order valence-corrected chi connectivity index (χ3v) is 3.86. The lowest BCUT2D eigenvalue weighted by Gasteiger charge is -2.07. The average molecular weight is 298 g/mol. The molecule has 118 valence electrons. The first kappa shape index (κ1) is 16.3. The number of nitrogens with zero attached hydrogens (tertiary/aromatic N) is 2. The van der Waals surface area contributed by atoms with E-state index in [1.165, 1.54) is 38.5 Å². The van der Waals surface area contributed by atoms with Crippen molar-refractivity contribution in [1.29, 1.82) is 10.8 Å². The van der Waals surface area contributed by atoms with Gasteiger partial charge < -0.3 is 20.0 Å². The standard InChI is InChI=1S/C18H26N4/c19-17-7-13-21(14-8-17)11-5-3-1-2-4-6-12-22-15-9-18(20)10-16-22/h7-10,13-16,19-20H,1-6,11-12H2. The lowest BCUT2D eigenvalue weighted by molar-refractivity contribution is 0.529. The zero-order valence-electron chi connectivity index (χ0n) is 13.2. The summed E-state index contributed by atoms with van der Waals surface area (Å²) < 4.78 is 4.31. The summed E-state index contributed by atoms with van der Waals surface area (Å²) in [6.45, 7) is 2.10. The fourth-order valence-electron chi connectivity index (χ4n) is 2.51. The van der Waals surface area contributed by atoms with Gasteiger partial charge in [0.25, 0.3) is 0 Å². The molecule has 2 N–H and O–H groups in total. The molecular formula is C18H26N4. The molecular weight excluding hydrogens is 272 g/mol. The van der Waals surface area contributed by atoms with Crippen molar-refractivity contribution in [2.24, 2.45) is 0 Å². The monoisotopic (exact) mass is 298 g/mol. The molecule has 0 atom stereocenters. The minimum Gasteiger partial charge on any atom is -0.354 e. The molecule has 2 aromatic heterocycles. The van der Waals surface area contributed by atoms with E-state index in [1.807, 2.05) is 49.1 Å². The van der Waals surface area contributed by atoms with Crippen LogP contribution in [0, 0.1) is 10.8 Å². The Bertz CT molecular complexity index is 569. The van der Waals surface area contributed by atoms with Crippen LogP contribution in [0.4, 0.5) is 0 Å². The molecule has 0 saturated carbocycles. The van der Waals surface area contributed by atoms with Crippen molar-refractivity contribution in [3.05, 3.63) is 59.8 Å². The molecule has 0 bridgehead atoms. The van der Waals surface area contributed by atoms with Crippen molar-refractivity contribution < 1.29 is 0 Å². The molecule has 0 spiro atoms. The van der Waals surface area contributed by atoms with E-state index in [-0.39, 0.29) is 0 Å². The smallest absolute Gasteiger partial charge is 0.0568 e. The SMILES string of the molecule is N=c1ccn(CCCCCCCCn2ccc(=N)cc2)cc1.